The molecule has 4 rings (SSSR count). The van der Waals surface area contributed by atoms with Crippen molar-refractivity contribution in [2.45, 2.75) is 50.4 Å². The molecule has 0 spiro atoms. The second-order valence-corrected chi connectivity index (χ2v) is 8.22. The van der Waals surface area contributed by atoms with Gasteiger partial charge in [0.05, 0.1) is 16.8 Å². The normalized spacial score (nSPS) is 20.1. The van der Waals surface area contributed by atoms with Gasteiger partial charge >= 0.3 is 0 Å². The number of likely N-dealkylation sites (tertiary alicyclic amines) is 1. The molecule has 1 fully saturated rings. The van der Waals surface area contributed by atoms with Gasteiger partial charge in [0.25, 0.3) is 0 Å². The molecule has 27 heavy (non-hydrogen) atoms. The van der Waals surface area contributed by atoms with E-state index in [4.69, 9.17) is 4.98 Å². The van der Waals surface area contributed by atoms with E-state index in [0.29, 0.717) is 17.8 Å². The van der Waals surface area contributed by atoms with Gasteiger partial charge in [0, 0.05) is 17.8 Å². The minimum atomic E-state index is 0.214. The molecular weight excluding hydrogens is 354 g/mol. The van der Waals surface area contributed by atoms with E-state index in [1.54, 1.807) is 0 Å². The molecule has 2 heterocycles. The molecule has 0 bridgehead atoms. The highest BCUT2D eigenvalue weighted by Crippen LogP contribution is 2.29. The molecule has 140 valence electrons. The molecule has 1 aromatic heterocycles. The van der Waals surface area contributed by atoms with Crippen molar-refractivity contribution >= 4 is 28.7 Å². The summed E-state index contributed by atoms with van der Waals surface area (Å²) < 4.78 is 2.15. The number of carbonyl (C=O) groups excluding carboxylic acids is 1. The van der Waals surface area contributed by atoms with Gasteiger partial charge < -0.3 is 4.90 Å². The molecule has 1 aliphatic heterocycles. The molecule has 1 aliphatic rings. The van der Waals surface area contributed by atoms with Crippen LogP contribution in [0.4, 0.5) is 0 Å². The zero-order valence-corrected chi connectivity index (χ0v) is 16.7. The van der Waals surface area contributed by atoms with Crippen molar-refractivity contribution in [3.05, 3.63) is 54.6 Å². The Morgan fingerprint density at radius 2 is 1.70 bits per heavy atom. The summed E-state index contributed by atoms with van der Waals surface area (Å²) in [6.07, 6.45) is 3.41. The smallest absolute Gasteiger partial charge is 0.233 e. The number of hydrogen-bond donors (Lipinski definition) is 0. The molecule has 5 heteroatoms. The Labute approximate surface area is 164 Å². The van der Waals surface area contributed by atoms with Crippen molar-refractivity contribution in [3.8, 4) is 5.69 Å². The van der Waals surface area contributed by atoms with Crippen LogP contribution < -0.4 is 0 Å². The Balaban J connectivity index is 1.61. The van der Waals surface area contributed by atoms with Gasteiger partial charge in [0.2, 0.25) is 5.91 Å². The van der Waals surface area contributed by atoms with Gasteiger partial charge in [-0.1, -0.05) is 42.1 Å². The number of rotatable bonds is 4. The van der Waals surface area contributed by atoms with Gasteiger partial charge in [-0.2, -0.15) is 0 Å². The number of hydrogen-bond acceptors (Lipinski definition) is 3. The Morgan fingerprint density at radius 3 is 2.44 bits per heavy atom. The van der Waals surface area contributed by atoms with E-state index in [0.717, 1.165) is 34.7 Å². The largest absolute Gasteiger partial charge is 0.337 e. The quantitative estimate of drug-likeness (QED) is 0.605. The SMILES string of the molecule is C[C@@H]1CCC[C@H](C)N1C(=O)CSc1nc2ccccc2n1-c1ccccc1. The maximum atomic E-state index is 12.9. The predicted octanol–water partition coefficient (Wildman–Crippen LogP) is 4.91. The summed E-state index contributed by atoms with van der Waals surface area (Å²) >= 11 is 1.53. The van der Waals surface area contributed by atoms with Crippen molar-refractivity contribution in [2.75, 3.05) is 5.75 Å². The fraction of sp³-hybridized carbons (Fsp3) is 0.364. The number of nitrogens with zero attached hydrogens (tertiary/aromatic N) is 3. The summed E-state index contributed by atoms with van der Waals surface area (Å²) in [6.45, 7) is 4.33. The lowest BCUT2D eigenvalue weighted by Crippen LogP contribution is -2.48. The molecule has 0 saturated carbocycles. The third-order valence-electron chi connectivity index (χ3n) is 5.35. The average Bonchev–Trinajstić information content (AvgIpc) is 3.05. The maximum absolute atomic E-state index is 12.9. The van der Waals surface area contributed by atoms with Crippen molar-refractivity contribution in [3.63, 3.8) is 0 Å². The summed E-state index contributed by atoms with van der Waals surface area (Å²) in [5.74, 6) is 0.636. The lowest BCUT2D eigenvalue weighted by Gasteiger charge is -2.39. The van der Waals surface area contributed by atoms with Gasteiger partial charge in [-0.25, -0.2) is 4.98 Å². The summed E-state index contributed by atoms with van der Waals surface area (Å²) in [5.41, 5.74) is 3.09. The standard InChI is InChI=1S/C22H25N3OS/c1-16-9-8-10-17(2)24(16)21(26)15-27-22-23-19-13-6-7-14-20(19)25(22)18-11-4-3-5-12-18/h3-7,11-14,16-17H,8-10,15H2,1-2H3/t16-,17+. The van der Waals surface area contributed by atoms with Crippen LogP contribution in [-0.2, 0) is 4.79 Å². The van der Waals surface area contributed by atoms with Gasteiger partial charge in [-0.15, -0.1) is 0 Å². The van der Waals surface area contributed by atoms with Crippen LogP contribution in [0.5, 0.6) is 0 Å². The van der Waals surface area contributed by atoms with Crippen LogP contribution in [0.15, 0.2) is 59.8 Å². The Hall–Kier alpha value is -2.27. The monoisotopic (exact) mass is 379 g/mol. The molecule has 1 saturated heterocycles. The number of aromatic nitrogens is 2. The van der Waals surface area contributed by atoms with Gasteiger partial charge in [-0.05, 0) is 57.4 Å². The molecule has 0 radical (unpaired) electrons. The zero-order chi connectivity index (χ0) is 18.8. The van der Waals surface area contributed by atoms with Crippen LogP contribution in [0.2, 0.25) is 0 Å². The fourth-order valence-corrected chi connectivity index (χ4v) is 4.94. The molecule has 4 nitrogen and oxygen atoms in total. The van der Waals surface area contributed by atoms with E-state index in [2.05, 4.69) is 41.5 Å². The minimum Gasteiger partial charge on any atom is -0.337 e. The first-order chi connectivity index (χ1) is 13.1. The second kappa shape index (κ2) is 7.77. The highest BCUT2D eigenvalue weighted by Gasteiger charge is 2.29. The summed E-state index contributed by atoms with van der Waals surface area (Å²) in [6, 6.07) is 19.0. The summed E-state index contributed by atoms with van der Waals surface area (Å²) in [5, 5.41) is 0.869. The predicted molar refractivity (Wildman–Crippen MR) is 111 cm³/mol. The Bertz CT molecular complexity index is 927. The van der Waals surface area contributed by atoms with Crippen LogP contribution in [-0.4, -0.2) is 38.2 Å². The first-order valence-electron chi connectivity index (χ1n) is 9.62. The summed E-state index contributed by atoms with van der Waals surface area (Å²) in [7, 11) is 0. The van der Waals surface area contributed by atoms with E-state index in [1.807, 2.05) is 36.4 Å². The van der Waals surface area contributed by atoms with Crippen molar-refractivity contribution < 1.29 is 4.79 Å². The number of piperidine rings is 1. The van der Waals surface area contributed by atoms with E-state index < -0.39 is 0 Å². The molecule has 3 aromatic rings. The van der Waals surface area contributed by atoms with E-state index in [9.17, 15) is 4.79 Å². The molecule has 1 amide bonds. The number of para-hydroxylation sites is 3. The highest BCUT2D eigenvalue weighted by molar-refractivity contribution is 7.99. The summed E-state index contributed by atoms with van der Waals surface area (Å²) in [4.78, 5) is 19.8. The molecule has 0 aliphatic carbocycles. The highest BCUT2D eigenvalue weighted by atomic mass is 32.2. The third kappa shape index (κ3) is 3.61. The van der Waals surface area contributed by atoms with Gasteiger partial charge in [0.15, 0.2) is 5.16 Å². The molecule has 0 N–H and O–H groups in total. The van der Waals surface area contributed by atoms with E-state index in [1.165, 1.54) is 18.2 Å². The minimum absolute atomic E-state index is 0.214. The van der Waals surface area contributed by atoms with Crippen molar-refractivity contribution in [1.29, 1.82) is 0 Å². The molecule has 0 unspecified atom stereocenters. The molecule has 2 atom stereocenters. The third-order valence-corrected chi connectivity index (χ3v) is 6.27. The Kier molecular flexibility index (Phi) is 5.21. The number of benzene rings is 2. The zero-order valence-electron chi connectivity index (χ0n) is 15.8. The van der Waals surface area contributed by atoms with Crippen molar-refractivity contribution in [2.24, 2.45) is 0 Å². The topological polar surface area (TPSA) is 38.1 Å². The average molecular weight is 380 g/mol. The lowest BCUT2D eigenvalue weighted by molar-refractivity contribution is -0.134. The fourth-order valence-electron chi connectivity index (χ4n) is 4.04. The number of carbonyl (C=O) groups is 1. The lowest BCUT2D eigenvalue weighted by atomic mass is 9.98. The number of amides is 1. The number of fused-ring (bicyclic) bond motifs is 1. The van der Waals surface area contributed by atoms with Crippen LogP contribution >= 0.6 is 11.8 Å². The first kappa shape index (κ1) is 18.1. The van der Waals surface area contributed by atoms with E-state index in [-0.39, 0.29) is 5.91 Å². The number of imidazole rings is 1. The van der Waals surface area contributed by atoms with Crippen LogP contribution in [0.1, 0.15) is 33.1 Å². The van der Waals surface area contributed by atoms with E-state index >= 15 is 0 Å². The number of thioether (sulfide) groups is 1. The van der Waals surface area contributed by atoms with Crippen molar-refractivity contribution in [1.82, 2.24) is 14.5 Å². The van der Waals surface area contributed by atoms with Gasteiger partial charge in [-0.3, -0.25) is 9.36 Å². The maximum Gasteiger partial charge on any atom is 0.233 e. The van der Waals surface area contributed by atoms with Crippen LogP contribution in [0.3, 0.4) is 0 Å². The Morgan fingerprint density at radius 1 is 1.04 bits per heavy atom. The van der Waals surface area contributed by atoms with Gasteiger partial charge in [0.1, 0.15) is 0 Å². The van der Waals surface area contributed by atoms with Crippen LogP contribution in [0.25, 0.3) is 16.7 Å². The second-order valence-electron chi connectivity index (χ2n) is 7.27. The molecular formula is C22H25N3OS. The van der Waals surface area contributed by atoms with Crippen LogP contribution in [0, 0.1) is 0 Å². The first-order valence-corrected chi connectivity index (χ1v) is 10.6. The molecule has 2 aromatic carbocycles.